The van der Waals surface area contributed by atoms with Crippen molar-refractivity contribution in [3.8, 4) is 0 Å². The molecule has 0 spiro atoms. The molecule has 0 aromatic heterocycles. The Labute approximate surface area is 101 Å². The molecule has 0 aliphatic heterocycles. The summed E-state index contributed by atoms with van der Waals surface area (Å²) in [5.74, 6) is 1.60. The van der Waals surface area contributed by atoms with Crippen molar-refractivity contribution < 1.29 is 4.21 Å². The average molecular weight is 245 g/mol. The molecule has 0 amide bonds. The largest absolute Gasteiger partial charge is 0.359 e. The van der Waals surface area contributed by atoms with Gasteiger partial charge in [-0.3, -0.25) is 9.20 Å². The van der Waals surface area contributed by atoms with E-state index in [4.69, 9.17) is 0 Å². The lowest BCUT2D eigenvalue weighted by molar-refractivity contribution is 0.414. The van der Waals surface area contributed by atoms with E-state index >= 15 is 0 Å². The van der Waals surface area contributed by atoms with Gasteiger partial charge >= 0.3 is 0 Å². The lowest BCUT2D eigenvalue weighted by Gasteiger charge is -2.29. The van der Waals surface area contributed by atoms with Crippen LogP contribution in [0.1, 0.15) is 32.6 Å². The third-order valence-corrected chi connectivity index (χ3v) is 4.82. The molecule has 0 bridgehead atoms. The van der Waals surface area contributed by atoms with Crippen molar-refractivity contribution in [3.05, 3.63) is 0 Å². The van der Waals surface area contributed by atoms with Crippen molar-refractivity contribution >= 4 is 16.8 Å². The van der Waals surface area contributed by atoms with Gasteiger partial charge in [-0.2, -0.15) is 0 Å². The summed E-state index contributed by atoms with van der Waals surface area (Å²) in [6.45, 7) is 2.00. The monoisotopic (exact) mass is 245 g/mol. The van der Waals surface area contributed by atoms with Gasteiger partial charge in [-0.1, -0.05) is 13.3 Å². The Bertz CT molecular complexity index is 268. The van der Waals surface area contributed by atoms with Crippen LogP contribution in [0, 0.1) is 0 Å². The minimum atomic E-state index is -0.653. The molecule has 4 nitrogen and oxygen atoms in total. The molecule has 2 N–H and O–H groups in total. The van der Waals surface area contributed by atoms with Crippen LogP contribution in [0.3, 0.4) is 0 Å². The summed E-state index contributed by atoms with van der Waals surface area (Å²) in [5, 5.41) is 6.76. The second-order valence-corrected chi connectivity index (χ2v) is 6.13. The van der Waals surface area contributed by atoms with Crippen LogP contribution in [-0.4, -0.2) is 41.3 Å². The Hall–Kier alpha value is -0.580. The van der Waals surface area contributed by atoms with Gasteiger partial charge in [0.1, 0.15) is 0 Å². The first-order chi connectivity index (χ1) is 7.71. The van der Waals surface area contributed by atoms with Gasteiger partial charge in [-0.05, 0) is 19.3 Å². The molecule has 5 heteroatoms. The SMILES string of the molecule is CCS(=O)C1CCCC(NC(=NC)NC)C1. The summed E-state index contributed by atoms with van der Waals surface area (Å²) >= 11 is 0. The molecule has 1 saturated carbocycles. The molecule has 16 heavy (non-hydrogen) atoms. The topological polar surface area (TPSA) is 53.5 Å². The van der Waals surface area contributed by atoms with Crippen molar-refractivity contribution in [2.75, 3.05) is 19.8 Å². The lowest BCUT2D eigenvalue weighted by atomic mass is 9.95. The van der Waals surface area contributed by atoms with E-state index in [9.17, 15) is 4.21 Å². The van der Waals surface area contributed by atoms with E-state index in [1.54, 1.807) is 7.05 Å². The van der Waals surface area contributed by atoms with Gasteiger partial charge in [-0.15, -0.1) is 0 Å². The van der Waals surface area contributed by atoms with E-state index in [1.807, 2.05) is 14.0 Å². The first-order valence-electron chi connectivity index (χ1n) is 5.99. The Kier molecular flexibility index (Phi) is 5.80. The molecule has 0 saturated heterocycles. The fourth-order valence-electron chi connectivity index (χ4n) is 2.19. The number of guanidine groups is 1. The number of rotatable bonds is 3. The Balaban J connectivity index is 2.47. The van der Waals surface area contributed by atoms with Crippen LogP contribution in [0.25, 0.3) is 0 Å². The number of hydrogen-bond donors (Lipinski definition) is 2. The van der Waals surface area contributed by atoms with Gasteiger partial charge in [0.05, 0.1) is 0 Å². The third-order valence-electron chi connectivity index (χ3n) is 3.08. The van der Waals surface area contributed by atoms with Crippen LogP contribution in [0.5, 0.6) is 0 Å². The third kappa shape index (κ3) is 3.77. The zero-order chi connectivity index (χ0) is 12.0. The van der Waals surface area contributed by atoms with Crippen LogP contribution in [-0.2, 0) is 10.8 Å². The van der Waals surface area contributed by atoms with Crippen molar-refractivity contribution in [1.82, 2.24) is 10.6 Å². The number of nitrogens with one attached hydrogen (secondary N) is 2. The zero-order valence-electron chi connectivity index (χ0n) is 10.5. The summed E-state index contributed by atoms with van der Waals surface area (Å²) in [6.07, 6.45) is 4.42. The highest BCUT2D eigenvalue weighted by atomic mass is 32.2. The van der Waals surface area contributed by atoms with E-state index in [1.165, 1.54) is 0 Å². The number of hydrogen-bond acceptors (Lipinski definition) is 2. The van der Waals surface area contributed by atoms with Crippen molar-refractivity contribution in [1.29, 1.82) is 0 Å². The summed E-state index contributed by atoms with van der Waals surface area (Å²) < 4.78 is 11.8. The van der Waals surface area contributed by atoms with Gasteiger partial charge < -0.3 is 10.6 Å². The molecule has 3 atom stereocenters. The molecular weight excluding hydrogens is 222 g/mol. The predicted octanol–water partition coefficient (Wildman–Crippen LogP) is 0.861. The second-order valence-electron chi connectivity index (χ2n) is 4.12. The first-order valence-corrected chi connectivity index (χ1v) is 7.37. The van der Waals surface area contributed by atoms with Crippen LogP contribution < -0.4 is 10.6 Å². The van der Waals surface area contributed by atoms with Gasteiger partial charge in [0, 0.05) is 41.9 Å². The van der Waals surface area contributed by atoms with E-state index in [-0.39, 0.29) is 0 Å². The maximum atomic E-state index is 11.8. The van der Waals surface area contributed by atoms with Crippen molar-refractivity contribution in [2.45, 2.75) is 43.9 Å². The Morgan fingerprint density at radius 3 is 2.81 bits per heavy atom. The molecule has 1 fully saturated rings. The minimum absolute atomic E-state index is 0.367. The van der Waals surface area contributed by atoms with Crippen LogP contribution in [0.4, 0.5) is 0 Å². The van der Waals surface area contributed by atoms with Gasteiger partial charge in [0.15, 0.2) is 5.96 Å². The van der Waals surface area contributed by atoms with Gasteiger partial charge in [-0.25, -0.2) is 0 Å². The Morgan fingerprint density at radius 2 is 2.25 bits per heavy atom. The van der Waals surface area contributed by atoms with Crippen molar-refractivity contribution in [3.63, 3.8) is 0 Å². The van der Waals surface area contributed by atoms with Crippen molar-refractivity contribution in [2.24, 2.45) is 4.99 Å². The van der Waals surface area contributed by atoms with Crippen LogP contribution in [0.2, 0.25) is 0 Å². The van der Waals surface area contributed by atoms with Crippen LogP contribution >= 0.6 is 0 Å². The maximum absolute atomic E-state index is 11.8. The normalized spacial score (nSPS) is 28.6. The lowest BCUT2D eigenvalue weighted by Crippen LogP contribution is -2.45. The van der Waals surface area contributed by atoms with E-state index < -0.39 is 10.8 Å². The molecule has 3 unspecified atom stereocenters. The fraction of sp³-hybridized carbons (Fsp3) is 0.909. The standard InChI is InChI=1S/C11H23N3OS/c1-4-16(15)10-7-5-6-9(8-10)14-11(12-2)13-3/h9-10H,4-8H2,1-3H3,(H2,12,13,14). The molecule has 1 aliphatic rings. The fourth-order valence-corrected chi connectivity index (χ4v) is 3.54. The van der Waals surface area contributed by atoms with E-state index in [0.717, 1.165) is 37.4 Å². The molecule has 94 valence electrons. The summed E-state index contributed by atoms with van der Waals surface area (Å²) in [4.78, 5) is 4.11. The van der Waals surface area contributed by atoms with Gasteiger partial charge in [0.25, 0.3) is 0 Å². The maximum Gasteiger partial charge on any atom is 0.190 e. The highest BCUT2D eigenvalue weighted by Gasteiger charge is 2.25. The summed E-state index contributed by atoms with van der Waals surface area (Å²) in [7, 11) is 2.98. The molecule has 0 aromatic rings. The molecule has 0 radical (unpaired) electrons. The molecule has 0 heterocycles. The Morgan fingerprint density at radius 1 is 1.50 bits per heavy atom. The predicted molar refractivity (Wildman–Crippen MR) is 70.3 cm³/mol. The molecular formula is C11H23N3OS. The first kappa shape index (κ1) is 13.5. The zero-order valence-corrected chi connectivity index (χ0v) is 11.3. The highest BCUT2D eigenvalue weighted by Crippen LogP contribution is 2.22. The van der Waals surface area contributed by atoms with E-state index in [0.29, 0.717) is 11.3 Å². The van der Waals surface area contributed by atoms with Crippen LogP contribution in [0.15, 0.2) is 4.99 Å². The average Bonchev–Trinajstić information content (AvgIpc) is 2.35. The minimum Gasteiger partial charge on any atom is -0.359 e. The number of nitrogens with zero attached hydrogens (tertiary/aromatic N) is 1. The smallest absolute Gasteiger partial charge is 0.190 e. The van der Waals surface area contributed by atoms with E-state index in [2.05, 4.69) is 15.6 Å². The molecule has 0 aromatic carbocycles. The van der Waals surface area contributed by atoms with Gasteiger partial charge in [0.2, 0.25) is 0 Å². The number of aliphatic imine (C=N–C) groups is 1. The quantitative estimate of drug-likeness (QED) is 0.573. The summed E-state index contributed by atoms with van der Waals surface area (Å²) in [5.41, 5.74) is 0. The second kappa shape index (κ2) is 6.89. The highest BCUT2D eigenvalue weighted by molar-refractivity contribution is 7.85. The summed E-state index contributed by atoms with van der Waals surface area (Å²) in [6, 6.07) is 0.417. The molecule has 1 rings (SSSR count). The molecule has 1 aliphatic carbocycles.